The number of pyridine rings is 2. The first-order valence-electron chi connectivity index (χ1n) is 11.1. The Morgan fingerprint density at radius 3 is 2.41 bits per heavy atom. The summed E-state index contributed by atoms with van der Waals surface area (Å²) in [5.74, 6) is 0. The number of benzene rings is 3. The minimum absolute atomic E-state index is 0.688. The molecule has 3 nitrogen and oxygen atoms in total. The number of nitrogens with zero attached hydrogens (tertiary/aromatic N) is 3. The van der Waals surface area contributed by atoms with Gasteiger partial charge in [0, 0.05) is 22.4 Å². The molecule has 0 aliphatic heterocycles. The van der Waals surface area contributed by atoms with Crippen molar-refractivity contribution in [3.63, 3.8) is 0 Å². The van der Waals surface area contributed by atoms with Gasteiger partial charge in [0.25, 0.3) is 0 Å². The van der Waals surface area contributed by atoms with Gasteiger partial charge in [0.1, 0.15) is 7.05 Å². The van der Waals surface area contributed by atoms with Gasteiger partial charge >= 0.3 is 0 Å². The summed E-state index contributed by atoms with van der Waals surface area (Å²) in [4.78, 5) is 3.75. The largest absolute Gasteiger partial charge is 0.309 e. The zero-order chi connectivity index (χ0) is 22.5. The topological polar surface area (TPSA) is 12.6 Å². The van der Waals surface area contributed by atoms with Crippen molar-refractivity contribution < 1.29 is 4.57 Å². The second kappa shape index (κ2) is 6.09. The van der Waals surface area contributed by atoms with Gasteiger partial charge in [0.15, 0.2) is 11.9 Å². The van der Waals surface area contributed by atoms with E-state index in [9.17, 15) is 0 Å². The third-order valence-electron chi connectivity index (χ3n) is 7.24. The molecule has 3 aromatic heterocycles. The van der Waals surface area contributed by atoms with E-state index < -0.39 is 8.07 Å². The molecule has 6 rings (SSSR count). The van der Waals surface area contributed by atoms with Crippen molar-refractivity contribution in [1.29, 1.82) is 0 Å². The Morgan fingerprint density at radius 1 is 0.906 bits per heavy atom. The summed E-state index contributed by atoms with van der Waals surface area (Å²) < 4.78 is 4.73. The number of rotatable bonds is 1. The van der Waals surface area contributed by atoms with Crippen molar-refractivity contribution in [2.45, 2.75) is 33.5 Å². The number of aromatic nitrogens is 2. The molecule has 0 N–H and O–H groups in total. The molecular weight excluding hydrogens is 406 g/mol. The van der Waals surface area contributed by atoms with Gasteiger partial charge in [0.2, 0.25) is 5.52 Å². The Morgan fingerprint density at radius 2 is 1.69 bits per heavy atom. The fourth-order valence-electron chi connectivity index (χ4n) is 5.39. The normalized spacial score (nSPS) is 12.7. The van der Waals surface area contributed by atoms with E-state index in [-0.39, 0.29) is 0 Å². The van der Waals surface area contributed by atoms with Gasteiger partial charge in [-0.2, -0.15) is 0 Å². The van der Waals surface area contributed by atoms with Gasteiger partial charge in [0.05, 0.1) is 36.5 Å². The molecule has 3 aromatic carbocycles. The van der Waals surface area contributed by atoms with Gasteiger partial charge in [-0.25, -0.2) is 9.41 Å². The molecule has 0 aliphatic carbocycles. The van der Waals surface area contributed by atoms with Gasteiger partial charge < -0.3 is 4.40 Å². The Bertz CT molecular complexity index is 1790. The summed E-state index contributed by atoms with van der Waals surface area (Å²) in [6, 6.07) is 15.6. The maximum atomic E-state index is 7.60. The van der Waals surface area contributed by atoms with Gasteiger partial charge in [-0.05, 0) is 48.6 Å². The molecule has 0 saturated heterocycles. The Kier molecular flexibility index (Phi) is 3.67. The van der Waals surface area contributed by atoms with Crippen LogP contribution < -0.4 is 9.75 Å². The highest BCUT2D eigenvalue weighted by atomic mass is 28.3. The van der Waals surface area contributed by atoms with Crippen LogP contribution in [0.2, 0.25) is 19.6 Å². The van der Waals surface area contributed by atoms with Crippen molar-refractivity contribution in [1.82, 2.24) is 4.40 Å². The lowest BCUT2D eigenvalue weighted by Gasteiger charge is -2.20. The van der Waals surface area contributed by atoms with Crippen LogP contribution in [0.3, 0.4) is 0 Å². The second-order valence-electron chi connectivity index (χ2n) is 10.2. The van der Waals surface area contributed by atoms with Crippen LogP contribution in [0.5, 0.6) is 0 Å². The minimum atomic E-state index is -1.53. The molecule has 0 bridgehead atoms. The molecule has 0 aliphatic rings. The number of fused-ring (bicyclic) bond motifs is 5. The fraction of sp³-hybridized carbons (Fsp3) is 0.214. The maximum absolute atomic E-state index is 7.60. The molecule has 4 heteroatoms. The van der Waals surface area contributed by atoms with E-state index in [1.807, 2.05) is 6.07 Å². The van der Waals surface area contributed by atoms with Crippen LogP contribution in [0.4, 0.5) is 5.69 Å². The minimum Gasteiger partial charge on any atom is -0.309 e. The Balaban J connectivity index is 2.07. The van der Waals surface area contributed by atoms with E-state index >= 15 is 0 Å². The summed E-state index contributed by atoms with van der Waals surface area (Å²) >= 11 is 0. The van der Waals surface area contributed by atoms with E-state index in [4.69, 9.17) is 6.57 Å². The zero-order valence-electron chi connectivity index (χ0n) is 19.5. The van der Waals surface area contributed by atoms with Crippen molar-refractivity contribution in [3.8, 4) is 0 Å². The van der Waals surface area contributed by atoms with Crippen LogP contribution in [0, 0.1) is 20.4 Å². The summed E-state index contributed by atoms with van der Waals surface area (Å²) in [5.41, 5.74) is 8.28. The van der Waals surface area contributed by atoms with Crippen LogP contribution >= 0.6 is 0 Å². The lowest BCUT2D eigenvalue weighted by atomic mass is 9.96. The van der Waals surface area contributed by atoms with Crippen molar-refractivity contribution >= 4 is 67.9 Å². The highest BCUT2D eigenvalue weighted by Gasteiger charge is 2.27. The lowest BCUT2D eigenvalue weighted by Crippen LogP contribution is -2.38. The molecule has 0 atom stereocenters. The fourth-order valence-corrected chi connectivity index (χ4v) is 6.55. The van der Waals surface area contributed by atoms with Crippen LogP contribution in [0.25, 0.3) is 53.8 Å². The molecule has 156 valence electrons. The molecule has 0 amide bonds. The molecule has 0 unspecified atom stereocenters. The number of hydrogen-bond donors (Lipinski definition) is 0. The molecule has 3 heterocycles. The molecule has 0 radical (unpaired) electrons. The van der Waals surface area contributed by atoms with E-state index in [0.717, 1.165) is 5.52 Å². The smallest absolute Gasteiger partial charge is 0.224 e. The van der Waals surface area contributed by atoms with Crippen LogP contribution in [-0.4, -0.2) is 12.5 Å². The maximum Gasteiger partial charge on any atom is 0.224 e. The molecule has 0 spiro atoms. The highest BCUT2D eigenvalue weighted by molar-refractivity contribution is 6.89. The summed E-state index contributed by atoms with van der Waals surface area (Å²) in [6.45, 7) is 19.3. The average molecular weight is 433 g/mol. The standard InChI is InChI=1S/C28H26N3Si/c1-16-12-22-21-9-8-19(29-3)14-23(21)31-24-15-20(32(5,6)7)13-18-10-11-30(4)28(26(18)24)25(17(16)2)27(22)31/h8-15H,1-2,4-7H3/q+1. The van der Waals surface area contributed by atoms with Crippen LogP contribution in [0.1, 0.15) is 11.1 Å². The molecule has 6 aromatic rings. The van der Waals surface area contributed by atoms with E-state index in [2.05, 4.69) is 96.9 Å². The Labute approximate surface area is 188 Å². The summed E-state index contributed by atoms with van der Waals surface area (Å²) in [7, 11) is 0.627. The van der Waals surface area contributed by atoms with Crippen molar-refractivity contribution in [2.24, 2.45) is 7.05 Å². The van der Waals surface area contributed by atoms with Crippen LogP contribution in [-0.2, 0) is 7.05 Å². The predicted octanol–water partition coefficient (Wildman–Crippen LogP) is 6.53. The third kappa shape index (κ3) is 2.32. The predicted molar refractivity (Wildman–Crippen MR) is 138 cm³/mol. The van der Waals surface area contributed by atoms with Gasteiger partial charge in [-0.3, -0.25) is 0 Å². The molecule has 32 heavy (non-hydrogen) atoms. The number of hydrogen-bond acceptors (Lipinski definition) is 0. The van der Waals surface area contributed by atoms with Crippen LogP contribution in [0.15, 0.2) is 48.7 Å². The van der Waals surface area contributed by atoms with E-state index in [1.165, 1.54) is 59.8 Å². The Hall–Kier alpha value is -3.42. The van der Waals surface area contributed by atoms with Crippen molar-refractivity contribution in [2.75, 3.05) is 0 Å². The van der Waals surface area contributed by atoms with E-state index in [0.29, 0.717) is 5.69 Å². The quantitative estimate of drug-likeness (QED) is 0.0921. The first-order chi connectivity index (χ1) is 15.2. The third-order valence-corrected chi connectivity index (χ3v) is 9.26. The summed E-state index contributed by atoms with van der Waals surface area (Å²) in [6.07, 6.45) is 2.21. The first-order valence-corrected chi connectivity index (χ1v) is 14.6. The first kappa shape index (κ1) is 19.3. The monoisotopic (exact) mass is 432 g/mol. The van der Waals surface area contributed by atoms with Crippen molar-refractivity contribution in [3.05, 3.63) is 71.2 Å². The summed E-state index contributed by atoms with van der Waals surface area (Å²) in [5, 5.41) is 7.89. The highest BCUT2D eigenvalue weighted by Crippen LogP contribution is 2.42. The molecule has 0 fully saturated rings. The van der Waals surface area contributed by atoms with Gasteiger partial charge in [-0.15, -0.1) is 0 Å². The molecule has 0 saturated carbocycles. The zero-order valence-corrected chi connectivity index (χ0v) is 20.5. The second-order valence-corrected chi connectivity index (χ2v) is 15.3. The van der Waals surface area contributed by atoms with E-state index in [1.54, 1.807) is 0 Å². The average Bonchev–Trinajstić information content (AvgIpc) is 3.07. The molecular formula is C28H26N3Si+. The number of aryl methyl sites for hydroxylation is 3. The lowest BCUT2D eigenvalue weighted by molar-refractivity contribution is -0.643. The van der Waals surface area contributed by atoms with Gasteiger partial charge in [-0.1, -0.05) is 43.0 Å². The SMILES string of the molecule is [C-]#[N+]c1ccc2c3cc(C)c(C)c4c3n(c2c1)c1cc([Si](C)(C)C)cc2cc[n+](C)c4c21.